The molecule has 7 heteroatoms. The maximum atomic E-state index is 12.6. The molecular weight excluding hydrogens is 310 g/mol. The molecular formula is C14H18ClN3O2S. The van der Waals surface area contributed by atoms with Crippen molar-refractivity contribution < 1.29 is 8.42 Å². The van der Waals surface area contributed by atoms with Crippen LogP contribution in [0.2, 0.25) is 5.02 Å². The lowest BCUT2D eigenvalue weighted by molar-refractivity contribution is 0.266. The summed E-state index contributed by atoms with van der Waals surface area (Å²) in [5.41, 5.74) is 5.82. The van der Waals surface area contributed by atoms with E-state index in [1.165, 1.54) is 22.5 Å². The Bertz CT molecular complexity index is 647. The van der Waals surface area contributed by atoms with Crippen molar-refractivity contribution in [1.82, 2.24) is 4.31 Å². The zero-order valence-electron chi connectivity index (χ0n) is 11.6. The Morgan fingerprint density at radius 2 is 2.05 bits per heavy atom. The fraction of sp³-hybridized carbons (Fsp3) is 0.500. The Kier molecular flexibility index (Phi) is 5.22. The van der Waals surface area contributed by atoms with Crippen LogP contribution in [0.15, 0.2) is 23.1 Å². The smallest absolute Gasteiger partial charge is 0.243 e. The van der Waals surface area contributed by atoms with Crippen LogP contribution in [-0.4, -0.2) is 32.4 Å². The highest BCUT2D eigenvalue weighted by molar-refractivity contribution is 7.89. The minimum absolute atomic E-state index is 0.142. The van der Waals surface area contributed by atoms with Gasteiger partial charge < -0.3 is 5.73 Å². The van der Waals surface area contributed by atoms with E-state index in [4.69, 9.17) is 22.6 Å². The average molecular weight is 328 g/mol. The summed E-state index contributed by atoms with van der Waals surface area (Å²) in [5.74, 6) is 0.506. The summed E-state index contributed by atoms with van der Waals surface area (Å²) in [6.07, 6.45) is 2.61. The van der Waals surface area contributed by atoms with Gasteiger partial charge in [0.2, 0.25) is 10.0 Å². The monoisotopic (exact) mass is 327 g/mol. The molecule has 1 fully saturated rings. The van der Waals surface area contributed by atoms with Gasteiger partial charge in [-0.25, -0.2) is 8.42 Å². The quantitative estimate of drug-likeness (QED) is 0.915. The predicted molar refractivity (Wildman–Crippen MR) is 81.3 cm³/mol. The van der Waals surface area contributed by atoms with Crippen molar-refractivity contribution in [3.8, 4) is 6.07 Å². The first-order valence-electron chi connectivity index (χ1n) is 6.89. The third-order valence-electron chi connectivity index (χ3n) is 3.85. The van der Waals surface area contributed by atoms with Gasteiger partial charge in [-0.15, -0.1) is 0 Å². The molecule has 5 nitrogen and oxygen atoms in total. The molecule has 0 spiro atoms. The maximum absolute atomic E-state index is 12.6. The highest BCUT2D eigenvalue weighted by atomic mass is 35.5. The molecule has 1 aromatic rings. The predicted octanol–water partition coefficient (Wildman–Crippen LogP) is 1.96. The molecule has 0 unspecified atom stereocenters. The van der Waals surface area contributed by atoms with Gasteiger partial charge in [0.25, 0.3) is 0 Å². The van der Waals surface area contributed by atoms with Gasteiger partial charge in [0.15, 0.2) is 0 Å². The summed E-state index contributed by atoms with van der Waals surface area (Å²) in [7, 11) is -3.54. The van der Waals surface area contributed by atoms with Crippen molar-refractivity contribution in [3.05, 3.63) is 28.8 Å². The van der Waals surface area contributed by atoms with Crippen LogP contribution in [0.3, 0.4) is 0 Å². The third kappa shape index (κ3) is 3.55. The second-order valence-corrected chi connectivity index (χ2v) is 7.52. The number of benzene rings is 1. The fourth-order valence-electron chi connectivity index (χ4n) is 2.57. The first-order valence-corrected chi connectivity index (χ1v) is 8.70. The molecule has 0 atom stereocenters. The minimum atomic E-state index is -3.54. The number of sulfonamides is 1. The summed E-state index contributed by atoms with van der Waals surface area (Å²) in [6, 6.07) is 6.15. The van der Waals surface area contributed by atoms with E-state index in [2.05, 4.69) is 0 Å². The van der Waals surface area contributed by atoms with Crippen LogP contribution < -0.4 is 5.73 Å². The van der Waals surface area contributed by atoms with Crippen LogP contribution in [-0.2, 0) is 10.0 Å². The van der Waals surface area contributed by atoms with Crippen molar-refractivity contribution in [2.24, 2.45) is 11.7 Å². The molecule has 0 amide bonds. The highest BCUT2D eigenvalue weighted by Crippen LogP contribution is 2.27. The number of rotatable bonds is 4. The number of halogens is 1. The first-order chi connectivity index (χ1) is 9.98. The van der Waals surface area contributed by atoms with Crippen LogP contribution in [0.4, 0.5) is 0 Å². The van der Waals surface area contributed by atoms with Gasteiger partial charge in [-0.05, 0) is 49.9 Å². The van der Waals surface area contributed by atoms with Crippen molar-refractivity contribution in [2.75, 3.05) is 19.6 Å². The minimum Gasteiger partial charge on any atom is -0.330 e. The zero-order chi connectivity index (χ0) is 15.5. The number of hydrogen-bond acceptors (Lipinski definition) is 4. The lowest BCUT2D eigenvalue weighted by atomic mass is 9.95. The molecule has 2 rings (SSSR count). The molecule has 0 bridgehead atoms. The molecule has 0 saturated carbocycles. The van der Waals surface area contributed by atoms with Crippen molar-refractivity contribution >= 4 is 21.6 Å². The number of nitriles is 1. The van der Waals surface area contributed by atoms with Crippen LogP contribution in [0.1, 0.15) is 24.8 Å². The highest BCUT2D eigenvalue weighted by Gasteiger charge is 2.29. The Morgan fingerprint density at radius 3 is 2.57 bits per heavy atom. The molecule has 0 radical (unpaired) electrons. The van der Waals surface area contributed by atoms with E-state index in [1.54, 1.807) is 0 Å². The molecule has 21 heavy (non-hydrogen) atoms. The standard InChI is InChI=1S/C14H18ClN3O2S/c15-14-9-13(2-1-12(14)10-17)21(19,20)18-7-4-11(3-6-16)5-8-18/h1-2,9,11H,3-8,16H2. The lowest BCUT2D eigenvalue weighted by Crippen LogP contribution is -2.38. The Balaban J connectivity index is 2.16. The molecule has 0 aromatic heterocycles. The summed E-state index contributed by atoms with van der Waals surface area (Å²) >= 11 is 5.92. The maximum Gasteiger partial charge on any atom is 0.243 e. The van der Waals surface area contributed by atoms with E-state index in [-0.39, 0.29) is 15.5 Å². The molecule has 1 aliphatic heterocycles. The van der Waals surface area contributed by atoms with Gasteiger partial charge >= 0.3 is 0 Å². The van der Waals surface area contributed by atoms with Gasteiger partial charge in [-0.3, -0.25) is 0 Å². The van der Waals surface area contributed by atoms with E-state index >= 15 is 0 Å². The number of piperidine rings is 1. The van der Waals surface area contributed by atoms with E-state index in [0.29, 0.717) is 25.6 Å². The van der Waals surface area contributed by atoms with E-state index < -0.39 is 10.0 Å². The van der Waals surface area contributed by atoms with E-state index in [0.717, 1.165) is 19.3 Å². The molecule has 0 aliphatic carbocycles. The Hall–Kier alpha value is -1.13. The molecule has 1 heterocycles. The van der Waals surface area contributed by atoms with Crippen molar-refractivity contribution in [1.29, 1.82) is 5.26 Å². The fourth-order valence-corrected chi connectivity index (χ4v) is 4.35. The first kappa shape index (κ1) is 16.2. The zero-order valence-corrected chi connectivity index (χ0v) is 13.2. The second-order valence-electron chi connectivity index (χ2n) is 5.18. The van der Waals surface area contributed by atoms with Crippen LogP contribution in [0.5, 0.6) is 0 Å². The van der Waals surface area contributed by atoms with Gasteiger partial charge in [0, 0.05) is 13.1 Å². The number of nitrogens with zero attached hydrogens (tertiary/aromatic N) is 2. The molecule has 1 aliphatic rings. The van der Waals surface area contributed by atoms with Gasteiger partial charge in [-0.1, -0.05) is 11.6 Å². The molecule has 1 aromatic carbocycles. The Labute approximate surface area is 130 Å². The lowest BCUT2D eigenvalue weighted by Gasteiger charge is -2.31. The second kappa shape index (κ2) is 6.75. The molecule has 2 N–H and O–H groups in total. The van der Waals surface area contributed by atoms with Gasteiger partial charge in [0.1, 0.15) is 6.07 Å². The van der Waals surface area contributed by atoms with Crippen molar-refractivity contribution in [3.63, 3.8) is 0 Å². The van der Waals surface area contributed by atoms with Crippen molar-refractivity contribution in [2.45, 2.75) is 24.2 Å². The largest absolute Gasteiger partial charge is 0.330 e. The summed E-state index contributed by atoms with van der Waals surface area (Å²) in [6.45, 7) is 1.65. The molecule has 114 valence electrons. The van der Waals surface area contributed by atoms with Crippen LogP contribution in [0, 0.1) is 17.2 Å². The third-order valence-corrected chi connectivity index (χ3v) is 6.05. The topological polar surface area (TPSA) is 87.2 Å². The van der Waals surface area contributed by atoms with Crippen LogP contribution in [0.25, 0.3) is 0 Å². The Morgan fingerprint density at radius 1 is 1.38 bits per heavy atom. The summed E-state index contributed by atoms with van der Waals surface area (Å²) < 4.78 is 26.6. The van der Waals surface area contributed by atoms with Crippen LogP contribution >= 0.6 is 11.6 Å². The number of hydrogen-bond donors (Lipinski definition) is 1. The van der Waals surface area contributed by atoms with E-state index in [9.17, 15) is 8.42 Å². The molecule has 1 saturated heterocycles. The number of nitrogens with two attached hydrogens (primary N) is 1. The van der Waals surface area contributed by atoms with E-state index in [1.807, 2.05) is 6.07 Å². The normalized spacial score (nSPS) is 17.6. The summed E-state index contributed by atoms with van der Waals surface area (Å²) in [5, 5.41) is 9.00. The average Bonchev–Trinajstić information content (AvgIpc) is 2.48. The van der Waals surface area contributed by atoms with Gasteiger partial charge in [0.05, 0.1) is 15.5 Å². The summed E-state index contributed by atoms with van der Waals surface area (Å²) in [4.78, 5) is 0.142. The van der Waals surface area contributed by atoms with Gasteiger partial charge in [-0.2, -0.15) is 9.57 Å². The SMILES string of the molecule is N#Cc1ccc(S(=O)(=O)N2CCC(CCN)CC2)cc1Cl.